The molecule has 4 rings (SSSR count). The van der Waals surface area contributed by atoms with Crippen molar-refractivity contribution in [3.05, 3.63) is 55.0 Å². The second-order valence-electron chi connectivity index (χ2n) is 7.60. The molecule has 0 aliphatic heterocycles. The lowest BCUT2D eigenvalue weighted by molar-refractivity contribution is 0.296. The zero-order valence-corrected chi connectivity index (χ0v) is 18.2. The van der Waals surface area contributed by atoms with Crippen LogP contribution in [-0.4, -0.2) is 32.1 Å². The molecule has 0 fully saturated rings. The minimum atomic E-state index is 0.298. The number of fused-ring (bicyclic) bond motifs is 1. The number of hydrogen-bond donors (Lipinski definition) is 1. The van der Waals surface area contributed by atoms with Gasteiger partial charge in [-0.3, -0.25) is 0 Å². The van der Waals surface area contributed by atoms with E-state index in [1.807, 2.05) is 42.5 Å². The first-order valence-corrected chi connectivity index (χ1v) is 10.3. The Morgan fingerprint density at radius 1 is 0.867 bits per heavy atom. The van der Waals surface area contributed by atoms with Gasteiger partial charge in [-0.1, -0.05) is 0 Å². The van der Waals surface area contributed by atoms with Crippen molar-refractivity contribution < 1.29 is 8.83 Å². The average Bonchev–Trinajstić information content (AvgIpc) is 3.40. The lowest BCUT2D eigenvalue weighted by atomic mass is 10.1. The summed E-state index contributed by atoms with van der Waals surface area (Å²) in [4.78, 5) is 11.8. The van der Waals surface area contributed by atoms with E-state index in [1.54, 1.807) is 12.5 Å². The van der Waals surface area contributed by atoms with E-state index in [2.05, 4.69) is 37.9 Å². The molecule has 3 heterocycles. The predicted molar refractivity (Wildman–Crippen MR) is 123 cm³/mol. The number of nitrogens with zero attached hydrogens (tertiary/aromatic N) is 3. The number of hydrogen-bond acceptors (Lipinski definition) is 5. The lowest BCUT2D eigenvalue weighted by Gasteiger charge is -2.33. The van der Waals surface area contributed by atoms with Gasteiger partial charge in [-0.2, -0.15) is 0 Å². The molecule has 4 aromatic rings. The normalized spacial score (nSPS) is 11.4. The maximum atomic E-state index is 5.65. The highest BCUT2D eigenvalue weighted by Crippen LogP contribution is 2.32. The quantitative estimate of drug-likeness (QED) is 0.399. The van der Waals surface area contributed by atoms with Gasteiger partial charge in [-0.25, -0.2) is 9.97 Å². The van der Waals surface area contributed by atoms with Gasteiger partial charge in [0.25, 0.3) is 0 Å². The van der Waals surface area contributed by atoms with E-state index in [0.717, 1.165) is 16.7 Å². The molecule has 0 aliphatic carbocycles. The topological polar surface area (TPSA) is 67.3 Å². The number of benzene rings is 1. The van der Waals surface area contributed by atoms with Crippen molar-refractivity contribution >= 4 is 34.1 Å². The largest absolute Gasteiger partial charge is 0.463 e. The van der Waals surface area contributed by atoms with Crippen molar-refractivity contribution in [3.8, 4) is 22.9 Å². The summed E-state index contributed by atoms with van der Waals surface area (Å²) in [5.41, 5.74) is 3.64. The molecule has 0 saturated heterocycles. The van der Waals surface area contributed by atoms with Crippen LogP contribution in [0.4, 0.5) is 5.69 Å². The van der Waals surface area contributed by atoms with Crippen molar-refractivity contribution in [2.24, 2.45) is 0 Å². The van der Waals surface area contributed by atoms with E-state index in [9.17, 15) is 0 Å². The Balaban J connectivity index is 1.74. The van der Waals surface area contributed by atoms with E-state index >= 15 is 0 Å². The maximum absolute atomic E-state index is 5.65. The van der Waals surface area contributed by atoms with Gasteiger partial charge in [0.1, 0.15) is 11.4 Å². The van der Waals surface area contributed by atoms with Crippen LogP contribution in [0.15, 0.2) is 63.8 Å². The number of aromatic nitrogens is 2. The second-order valence-corrected chi connectivity index (χ2v) is 7.99. The third-order valence-electron chi connectivity index (χ3n) is 4.77. The average molecular weight is 421 g/mol. The SMILES string of the molecule is CC(C)N(C(=S)Nc1ccc2nc(-c3ccco3)c(-c3ccco3)nc2c1)C(C)C. The monoisotopic (exact) mass is 420 g/mol. The van der Waals surface area contributed by atoms with Crippen LogP contribution < -0.4 is 5.32 Å². The predicted octanol–water partition coefficient (Wildman–Crippen LogP) is 5.97. The van der Waals surface area contributed by atoms with Crippen LogP contribution in [0.5, 0.6) is 0 Å². The molecule has 0 bridgehead atoms. The second kappa shape index (κ2) is 8.28. The molecule has 0 saturated carbocycles. The van der Waals surface area contributed by atoms with Gasteiger partial charge in [0, 0.05) is 17.8 Å². The van der Waals surface area contributed by atoms with Gasteiger partial charge in [0.2, 0.25) is 0 Å². The Hall–Kier alpha value is -3.19. The van der Waals surface area contributed by atoms with Crippen molar-refractivity contribution in [1.82, 2.24) is 14.9 Å². The fraction of sp³-hybridized carbons (Fsp3) is 0.261. The van der Waals surface area contributed by atoms with Gasteiger partial charge in [-0.05, 0) is 82.4 Å². The Morgan fingerprint density at radius 2 is 1.43 bits per heavy atom. The van der Waals surface area contributed by atoms with Gasteiger partial charge in [-0.15, -0.1) is 0 Å². The molecule has 0 aliphatic rings. The Kier molecular flexibility index (Phi) is 5.55. The van der Waals surface area contributed by atoms with Crippen molar-refractivity contribution in [3.63, 3.8) is 0 Å². The zero-order chi connectivity index (χ0) is 21.3. The molecular formula is C23H24N4O2S. The van der Waals surface area contributed by atoms with E-state index < -0.39 is 0 Å². The summed E-state index contributed by atoms with van der Waals surface area (Å²) in [6.45, 7) is 8.52. The first-order chi connectivity index (χ1) is 14.4. The summed E-state index contributed by atoms with van der Waals surface area (Å²) in [6.07, 6.45) is 3.24. The molecular weight excluding hydrogens is 396 g/mol. The summed E-state index contributed by atoms with van der Waals surface area (Å²) in [5, 5.41) is 4.03. The van der Waals surface area contributed by atoms with E-state index in [1.165, 1.54) is 0 Å². The van der Waals surface area contributed by atoms with E-state index in [4.69, 9.17) is 31.0 Å². The molecule has 6 nitrogen and oxygen atoms in total. The number of furan rings is 2. The summed E-state index contributed by atoms with van der Waals surface area (Å²) in [6, 6.07) is 13.8. The van der Waals surface area contributed by atoms with Crippen molar-refractivity contribution in [2.75, 3.05) is 5.32 Å². The van der Waals surface area contributed by atoms with Gasteiger partial charge in [0.15, 0.2) is 16.6 Å². The number of thiocarbonyl (C=S) groups is 1. The molecule has 0 unspecified atom stereocenters. The van der Waals surface area contributed by atoms with E-state index in [0.29, 0.717) is 40.1 Å². The minimum Gasteiger partial charge on any atom is -0.463 e. The van der Waals surface area contributed by atoms with Crippen LogP contribution in [0, 0.1) is 0 Å². The number of nitrogens with one attached hydrogen (secondary N) is 1. The summed E-state index contributed by atoms with van der Waals surface area (Å²) < 4.78 is 11.2. The molecule has 3 aromatic heterocycles. The Labute approximate surface area is 180 Å². The smallest absolute Gasteiger partial charge is 0.173 e. The van der Waals surface area contributed by atoms with Gasteiger partial charge in [0.05, 0.1) is 23.6 Å². The van der Waals surface area contributed by atoms with Crippen LogP contribution in [-0.2, 0) is 0 Å². The van der Waals surface area contributed by atoms with Crippen molar-refractivity contribution in [2.45, 2.75) is 39.8 Å². The third kappa shape index (κ3) is 3.93. The van der Waals surface area contributed by atoms with E-state index in [-0.39, 0.29) is 0 Å². The first-order valence-electron chi connectivity index (χ1n) is 9.93. The van der Waals surface area contributed by atoms with Crippen LogP contribution in [0.2, 0.25) is 0 Å². The third-order valence-corrected chi connectivity index (χ3v) is 5.08. The Bertz CT molecular complexity index is 1140. The molecule has 7 heteroatoms. The summed E-state index contributed by atoms with van der Waals surface area (Å²) in [5.74, 6) is 1.28. The Morgan fingerprint density at radius 3 is 1.93 bits per heavy atom. The molecule has 0 spiro atoms. The summed E-state index contributed by atoms with van der Waals surface area (Å²) >= 11 is 5.65. The number of rotatable bonds is 5. The van der Waals surface area contributed by atoms with Gasteiger partial charge >= 0.3 is 0 Å². The highest BCUT2D eigenvalue weighted by atomic mass is 32.1. The minimum absolute atomic E-state index is 0.298. The van der Waals surface area contributed by atoms with Gasteiger partial charge < -0.3 is 19.1 Å². The van der Waals surface area contributed by atoms with Crippen LogP contribution in [0.25, 0.3) is 33.9 Å². The molecule has 0 radical (unpaired) electrons. The summed E-state index contributed by atoms with van der Waals surface area (Å²) in [7, 11) is 0. The van der Waals surface area contributed by atoms with Crippen LogP contribution in [0.3, 0.4) is 0 Å². The molecule has 1 N–H and O–H groups in total. The van der Waals surface area contributed by atoms with Crippen molar-refractivity contribution in [1.29, 1.82) is 0 Å². The standard InChI is InChI=1S/C23H24N4O2S/c1-14(2)27(15(3)4)23(30)24-16-9-10-17-18(13-16)26-22(20-8-6-12-29-20)21(25-17)19-7-5-11-28-19/h5-15H,1-4H3,(H,24,30). The molecule has 1 aromatic carbocycles. The first kappa shape index (κ1) is 20.1. The number of anilines is 1. The lowest BCUT2D eigenvalue weighted by Crippen LogP contribution is -2.44. The van der Waals surface area contributed by atoms with Crippen LogP contribution in [0.1, 0.15) is 27.7 Å². The molecule has 154 valence electrons. The maximum Gasteiger partial charge on any atom is 0.173 e. The highest BCUT2D eigenvalue weighted by Gasteiger charge is 2.19. The fourth-order valence-electron chi connectivity index (χ4n) is 3.56. The zero-order valence-electron chi connectivity index (χ0n) is 17.4. The molecule has 30 heavy (non-hydrogen) atoms. The molecule has 0 amide bonds. The fourth-order valence-corrected chi connectivity index (χ4v) is 4.10. The highest BCUT2D eigenvalue weighted by molar-refractivity contribution is 7.80. The molecule has 0 atom stereocenters. The van der Waals surface area contributed by atoms with Crippen LogP contribution >= 0.6 is 12.2 Å².